The van der Waals surface area contributed by atoms with Crippen molar-refractivity contribution in [3.8, 4) is 0 Å². The lowest BCUT2D eigenvalue weighted by Crippen LogP contribution is -2.30. The molecule has 0 aliphatic rings. The van der Waals surface area contributed by atoms with Crippen molar-refractivity contribution in [2.75, 3.05) is 0 Å². The highest BCUT2D eigenvalue weighted by Gasteiger charge is 2.26. The number of carbonyl (C=O) groups excluding carboxylic acids is 1. The van der Waals surface area contributed by atoms with Crippen LogP contribution < -0.4 is 0 Å². The summed E-state index contributed by atoms with van der Waals surface area (Å²) in [5.41, 5.74) is 0.0564. The molecular formula is C11H22O2. The normalized spacial score (nSPS) is 13.9. The second kappa shape index (κ2) is 5.25. The lowest BCUT2D eigenvalue weighted by molar-refractivity contribution is -0.152. The monoisotopic (exact) mass is 186 g/mol. The maximum atomic E-state index is 10.8. The molecule has 13 heavy (non-hydrogen) atoms. The Kier molecular flexibility index (Phi) is 5.04. The number of hydrogen-bond donors (Lipinski definition) is 0. The number of rotatable bonds is 4. The molecule has 2 heteroatoms. The molecule has 0 aliphatic carbocycles. The molecule has 0 saturated heterocycles. The molecule has 1 atom stereocenters. The van der Waals surface area contributed by atoms with E-state index in [9.17, 15) is 4.79 Å². The maximum absolute atomic E-state index is 10.8. The van der Waals surface area contributed by atoms with E-state index < -0.39 is 0 Å². The zero-order chi connectivity index (χ0) is 10.5. The van der Waals surface area contributed by atoms with E-state index in [1.54, 1.807) is 0 Å². The molecule has 0 unspecified atom stereocenters. The second-order valence-corrected chi connectivity index (χ2v) is 4.61. The van der Waals surface area contributed by atoms with Crippen LogP contribution in [0, 0.1) is 5.41 Å². The Bertz CT molecular complexity index is 156. The summed E-state index contributed by atoms with van der Waals surface area (Å²) in [5.74, 6) is -0.170. The molecule has 0 rings (SSSR count). The van der Waals surface area contributed by atoms with Crippen LogP contribution in [0.25, 0.3) is 0 Å². The van der Waals surface area contributed by atoms with E-state index >= 15 is 0 Å². The average Bonchev–Trinajstić information content (AvgIpc) is 1.95. The van der Waals surface area contributed by atoms with Crippen molar-refractivity contribution < 1.29 is 9.53 Å². The van der Waals surface area contributed by atoms with E-state index in [2.05, 4.69) is 27.7 Å². The van der Waals surface area contributed by atoms with Gasteiger partial charge in [-0.15, -0.1) is 0 Å². The first-order chi connectivity index (χ1) is 5.88. The van der Waals surface area contributed by atoms with E-state index in [4.69, 9.17) is 4.74 Å². The third-order valence-corrected chi connectivity index (χ3v) is 2.09. The molecule has 0 amide bonds. The highest BCUT2D eigenvalue weighted by molar-refractivity contribution is 5.66. The summed E-state index contributed by atoms with van der Waals surface area (Å²) in [4.78, 5) is 10.8. The summed E-state index contributed by atoms with van der Waals surface area (Å²) in [6.07, 6.45) is 3.30. The van der Waals surface area contributed by atoms with Crippen LogP contribution in [0.4, 0.5) is 0 Å². The van der Waals surface area contributed by atoms with Gasteiger partial charge < -0.3 is 4.74 Å². The van der Waals surface area contributed by atoms with Gasteiger partial charge in [0.25, 0.3) is 0 Å². The summed E-state index contributed by atoms with van der Waals surface area (Å²) in [6.45, 7) is 9.95. The van der Waals surface area contributed by atoms with Crippen molar-refractivity contribution in [3.63, 3.8) is 0 Å². The molecule has 0 aromatic rings. The standard InChI is InChI=1S/C11H22O2/c1-6-7-8-10(11(3,4)5)13-9(2)12/h10H,6-8H2,1-5H3/t10-/m0/s1. The molecular weight excluding hydrogens is 164 g/mol. The first-order valence-electron chi connectivity index (χ1n) is 5.05. The Morgan fingerprint density at radius 2 is 1.92 bits per heavy atom. The molecule has 0 fully saturated rings. The van der Waals surface area contributed by atoms with E-state index in [0.717, 1.165) is 19.3 Å². The summed E-state index contributed by atoms with van der Waals surface area (Å²) >= 11 is 0. The number of hydrogen-bond acceptors (Lipinski definition) is 2. The van der Waals surface area contributed by atoms with Gasteiger partial charge in [-0.2, -0.15) is 0 Å². The minimum Gasteiger partial charge on any atom is -0.462 e. The molecule has 0 heterocycles. The quantitative estimate of drug-likeness (QED) is 0.630. The Hall–Kier alpha value is -0.530. The van der Waals surface area contributed by atoms with Crippen LogP contribution in [0.2, 0.25) is 0 Å². The first-order valence-corrected chi connectivity index (χ1v) is 5.05. The van der Waals surface area contributed by atoms with Gasteiger partial charge in [0.2, 0.25) is 0 Å². The fraction of sp³-hybridized carbons (Fsp3) is 0.909. The van der Waals surface area contributed by atoms with Crippen LogP contribution in [0.15, 0.2) is 0 Å². The van der Waals surface area contributed by atoms with Gasteiger partial charge in [0, 0.05) is 6.92 Å². The molecule has 0 spiro atoms. The predicted molar refractivity (Wildman–Crippen MR) is 54.5 cm³/mol. The van der Waals surface area contributed by atoms with E-state index in [-0.39, 0.29) is 17.5 Å². The van der Waals surface area contributed by atoms with Gasteiger partial charge in [0.1, 0.15) is 6.10 Å². The van der Waals surface area contributed by atoms with Crippen LogP contribution in [-0.4, -0.2) is 12.1 Å². The van der Waals surface area contributed by atoms with Gasteiger partial charge in [-0.25, -0.2) is 0 Å². The van der Waals surface area contributed by atoms with Crippen molar-refractivity contribution in [2.24, 2.45) is 5.41 Å². The number of esters is 1. The predicted octanol–water partition coefficient (Wildman–Crippen LogP) is 3.15. The summed E-state index contributed by atoms with van der Waals surface area (Å²) in [5, 5.41) is 0. The van der Waals surface area contributed by atoms with Gasteiger partial charge >= 0.3 is 5.97 Å². The highest BCUT2D eigenvalue weighted by Crippen LogP contribution is 2.26. The topological polar surface area (TPSA) is 26.3 Å². The van der Waals surface area contributed by atoms with Crippen molar-refractivity contribution in [3.05, 3.63) is 0 Å². The Labute approximate surface area is 81.7 Å². The van der Waals surface area contributed by atoms with Gasteiger partial charge in [0.05, 0.1) is 0 Å². The number of carbonyl (C=O) groups is 1. The largest absolute Gasteiger partial charge is 0.462 e. The van der Waals surface area contributed by atoms with Crippen LogP contribution in [0.3, 0.4) is 0 Å². The van der Waals surface area contributed by atoms with Crippen molar-refractivity contribution in [2.45, 2.75) is 60.0 Å². The van der Waals surface area contributed by atoms with Gasteiger partial charge in [0.15, 0.2) is 0 Å². The minimum absolute atomic E-state index is 0.0564. The third-order valence-electron chi connectivity index (χ3n) is 2.09. The first kappa shape index (κ1) is 12.5. The molecule has 78 valence electrons. The molecule has 2 nitrogen and oxygen atoms in total. The van der Waals surface area contributed by atoms with Crippen molar-refractivity contribution >= 4 is 5.97 Å². The van der Waals surface area contributed by atoms with Crippen molar-refractivity contribution in [1.82, 2.24) is 0 Å². The lowest BCUT2D eigenvalue weighted by Gasteiger charge is -2.29. The average molecular weight is 186 g/mol. The van der Waals surface area contributed by atoms with E-state index in [1.165, 1.54) is 6.92 Å². The molecule has 0 radical (unpaired) electrons. The van der Waals surface area contributed by atoms with Gasteiger partial charge in [-0.1, -0.05) is 40.5 Å². The molecule has 0 aromatic carbocycles. The maximum Gasteiger partial charge on any atom is 0.302 e. The SMILES string of the molecule is CCCC[C@H](OC(C)=O)C(C)(C)C. The minimum atomic E-state index is -0.170. The van der Waals surface area contributed by atoms with Crippen LogP contribution in [0.5, 0.6) is 0 Å². The Balaban J connectivity index is 4.11. The lowest BCUT2D eigenvalue weighted by atomic mass is 9.86. The number of unbranched alkanes of at least 4 members (excludes halogenated alkanes) is 1. The third kappa shape index (κ3) is 5.67. The van der Waals surface area contributed by atoms with Crippen LogP contribution >= 0.6 is 0 Å². The smallest absolute Gasteiger partial charge is 0.302 e. The van der Waals surface area contributed by atoms with E-state index in [1.807, 2.05) is 0 Å². The molecule has 0 saturated carbocycles. The van der Waals surface area contributed by atoms with Crippen LogP contribution in [0.1, 0.15) is 53.9 Å². The Morgan fingerprint density at radius 3 is 2.23 bits per heavy atom. The summed E-state index contributed by atoms with van der Waals surface area (Å²) in [6, 6.07) is 0. The van der Waals surface area contributed by atoms with E-state index in [0.29, 0.717) is 0 Å². The van der Waals surface area contributed by atoms with Crippen LogP contribution in [-0.2, 0) is 9.53 Å². The fourth-order valence-corrected chi connectivity index (χ4v) is 1.26. The summed E-state index contributed by atoms with van der Waals surface area (Å²) < 4.78 is 5.28. The highest BCUT2D eigenvalue weighted by atomic mass is 16.5. The summed E-state index contributed by atoms with van der Waals surface area (Å²) in [7, 11) is 0. The molecule has 0 N–H and O–H groups in total. The molecule has 0 aliphatic heterocycles. The van der Waals surface area contributed by atoms with Gasteiger partial charge in [-0.05, 0) is 11.8 Å². The Morgan fingerprint density at radius 1 is 1.38 bits per heavy atom. The zero-order valence-electron chi connectivity index (χ0n) is 9.52. The second-order valence-electron chi connectivity index (χ2n) is 4.61. The molecule has 0 bridgehead atoms. The number of ether oxygens (including phenoxy) is 1. The fourth-order valence-electron chi connectivity index (χ4n) is 1.26. The van der Waals surface area contributed by atoms with Gasteiger partial charge in [-0.3, -0.25) is 4.79 Å². The molecule has 0 aromatic heterocycles. The van der Waals surface area contributed by atoms with Crippen molar-refractivity contribution in [1.29, 1.82) is 0 Å². The zero-order valence-corrected chi connectivity index (χ0v) is 9.52.